The van der Waals surface area contributed by atoms with Crippen LogP contribution in [-0.4, -0.2) is 59.1 Å². The molecule has 4 aromatic heterocycles. The van der Waals surface area contributed by atoms with Crippen LogP contribution in [0.2, 0.25) is 0 Å². The molecular formula is C25H28N8. The fourth-order valence-corrected chi connectivity index (χ4v) is 4.10. The number of fused-ring (bicyclic) bond motifs is 1. The number of pyridine rings is 1. The van der Waals surface area contributed by atoms with Gasteiger partial charge in [-0.05, 0) is 44.2 Å². The van der Waals surface area contributed by atoms with Gasteiger partial charge < -0.3 is 0 Å². The molecule has 8 nitrogen and oxygen atoms in total. The van der Waals surface area contributed by atoms with Crippen molar-refractivity contribution in [3.05, 3.63) is 72.2 Å². The first-order valence-corrected chi connectivity index (χ1v) is 11.4. The Bertz CT molecular complexity index is 1310. The van der Waals surface area contributed by atoms with Gasteiger partial charge in [-0.1, -0.05) is 25.7 Å². The average Bonchev–Trinajstić information content (AvgIpc) is 3.43. The van der Waals surface area contributed by atoms with E-state index in [4.69, 9.17) is 0 Å². The number of likely N-dealkylation sites (N-methyl/N-ethyl adjacent to an activating group) is 1. The normalized spacial score (nSPS) is 14.8. The van der Waals surface area contributed by atoms with Gasteiger partial charge in [0.1, 0.15) is 0 Å². The highest BCUT2D eigenvalue weighted by Crippen LogP contribution is 2.26. The number of hydrogen-bond acceptors (Lipinski definition) is 6. The summed E-state index contributed by atoms with van der Waals surface area (Å²) in [5.41, 5.74) is 5.75. The Kier molecular flexibility index (Phi) is 5.83. The van der Waals surface area contributed by atoms with E-state index < -0.39 is 0 Å². The van der Waals surface area contributed by atoms with Crippen molar-refractivity contribution < 1.29 is 0 Å². The molecule has 0 unspecified atom stereocenters. The van der Waals surface area contributed by atoms with E-state index in [9.17, 15) is 0 Å². The van der Waals surface area contributed by atoms with Crippen LogP contribution < -0.4 is 0 Å². The number of nitrogens with zero attached hydrogens (tertiary/aromatic N) is 8. The summed E-state index contributed by atoms with van der Waals surface area (Å²) in [5.74, 6) is 0.858. The molecular weight excluding hydrogens is 412 g/mol. The summed E-state index contributed by atoms with van der Waals surface area (Å²) in [6.45, 7) is 11.4. The molecule has 0 spiro atoms. The standard InChI is InChI=1S/C25H28N8/c1-4-19-12-20(21-14-27-32(15-21)22-16-31(5-2)17-22)13-26-23(19)8-6-7-9-24-28-29-25-11-10-18(3)30-33(24)25/h4,6,8,10-15,22H,1,5,7,9,16-17H2,2-3H3/b8-6-. The van der Waals surface area contributed by atoms with Crippen molar-refractivity contribution in [3.8, 4) is 11.1 Å². The number of hydrogen-bond donors (Lipinski definition) is 0. The Hall–Kier alpha value is -3.65. The van der Waals surface area contributed by atoms with Gasteiger partial charge in [0, 0.05) is 48.6 Å². The lowest BCUT2D eigenvalue weighted by Gasteiger charge is -2.38. The minimum Gasteiger partial charge on any atom is -0.299 e. The maximum Gasteiger partial charge on any atom is 0.177 e. The third kappa shape index (κ3) is 4.34. The molecule has 1 aliphatic rings. The van der Waals surface area contributed by atoms with Crippen molar-refractivity contribution in [1.82, 2.24) is 39.5 Å². The Balaban J connectivity index is 1.25. The maximum absolute atomic E-state index is 4.69. The number of allylic oxidation sites excluding steroid dienone is 1. The van der Waals surface area contributed by atoms with Gasteiger partial charge in [-0.3, -0.25) is 14.6 Å². The summed E-state index contributed by atoms with van der Waals surface area (Å²) in [6.07, 6.45) is 13.5. The van der Waals surface area contributed by atoms with Crippen LogP contribution in [0.5, 0.6) is 0 Å². The van der Waals surface area contributed by atoms with Crippen LogP contribution in [0, 0.1) is 6.92 Å². The zero-order valence-electron chi connectivity index (χ0n) is 19.1. The molecule has 168 valence electrons. The predicted octanol–water partition coefficient (Wildman–Crippen LogP) is 3.86. The Morgan fingerprint density at radius 3 is 2.85 bits per heavy atom. The minimum absolute atomic E-state index is 0.467. The summed E-state index contributed by atoms with van der Waals surface area (Å²) in [4.78, 5) is 7.10. The fourth-order valence-electron chi connectivity index (χ4n) is 4.10. The molecule has 1 aliphatic heterocycles. The average molecular weight is 441 g/mol. The first-order chi connectivity index (χ1) is 16.1. The monoisotopic (exact) mass is 440 g/mol. The second kappa shape index (κ2) is 9.07. The summed E-state index contributed by atoms with van der Waals surface area (Å²) >= 11 is 0. The van der Waals surface area contributed by atoms with E-state index in [0.29, 0.717) is 6.04 Å². The van der Waals surface area contributed by atoms with Gasteiger partial charge in [-0.25, -0.2) is 0 Å². The first kappa shape index (κ1) is 21.2. The second-order valence-electron chi connectivity index (χ2n) is 8.42. The van der Waals surface area contributed by atoms with Gasteiger partial charge in [-0.2, -0.15) is 14.7 Å². The third-order valence-corrected chi connectivity index (χ3v) is 6.13. The molecule has 5 rings (SSSR count). The molecule has 0 atom stereocenters. The van der Waals surface area contributed by atoms with Gasteiger partial charge in [0.2, 0.25) is 0 Å². The topological polar surface area (TPSA) is 77.0 Å². The molecule has 0 N–H and O–H groups in total. The fraction of sp³-hybridized carbons (Fsp3) is 0.320. The summed E-state index contributed by atoms with van der Waals surface area (Å²) in [6, 6.07) is 6.47. The Labute approximate surface area is 193 Å². The van der Waals surface area contributed by atoms with Crippen molar-refractivity contribution in [2.75, 3.05) is 19.6 Å². The van der Waals surface area contributed by atoms with Crippen LogP contribution in [0.15, 0.2) is 49.4 Å². The molecule has 5 heterocycles. The molecule has 0 radical (unpaired) electrons. The molecule has 0 bridgehead atoms. The van der Waals surface area contributed by atoms with E-state index >= 15 is 0 Å². The molecule has 8 heteroatoms. The van der Waals surface area contributed by atoms with Crippen LogP contribution in [0.4, 0.5) is 0 Å². The van der Waals surface area contributed by atoms with Crippen LogP contribution in [0.25, 0.3) is 28.9 Å². The molecule has 0 aromatic carbocycles. The molecule has 0 saturated carbocycles. The zero-order valence-corrected chi connectivity index (χ0v) is 19.1. The summed E-state index contributed by atoms with van der Waals surface area (Å²) < 4.78 is 3.89. The molecule has 33 heavy (non-hydrogen) atoms. The van der Waals surface area contributed by atoms with Crippen LogP contribution in [0.1, 0.15) is 42.2 Å². The lowest BCUT2D eigenvalue weighted by molar-refractivity contribution is 0.105. The van der Waals surface area contributed by atoms with Gasteiger partial charge in [-0.15, -0.1) is 10.2 Å². The number of rotatable bonds is 8. The summed E-state index contributed by atoms with van der Waals surface area (Å²) in [5, 5.41) is 17.5. The molecule has 0 aliphatic carbocycles. The second-order valence-corrected chi connectivity index (χ2v) is 8.42. The largest absolute Gasteiger partial charge is 0.299 e. The van der Waals surface area contributed by atoms with E-state index in [-0.39, 0.29) is 0 Å². The van der Waals surface area contributed by atoms with Gasteiger partial charge in [0.25, 0.3) is 0 Å². The van der Waals surface area contributed by atoms with Gasteiger partial charge >= 0.3 is 0 Å². The van der Waals surface area contributed by atoms with E-state index in [0.717, 1.165) is 72.0 Å². The van der Waals surface area contributed by atoms with Crippen LogP contribution in [0.3, 0.4) is 0 Å². The van der Waals surface area contributed by atoms with Gasteiger partial charge in [0.15, 0.2) is 11.5 Å². The van der Waals surface area contributed by atoms with Crippen LogP contribution in [-0.2, 0) is 6.42 Å². The quantitative estimate of drug-likeness (QED) is 0.414. The van der Waals surface area contributed by atoms with Crippen molar-refractivity contribution in [2.24, 2.45) is 0 Å². The first-order valence-electron chi connectivity index (χ1n) is 11.4. The van der Waals surface area contributed by atoms with Gasteiger partial charge in [0.05, 0.1) is 23.6 Å². The molecule has 1 saturated heterocycles. The highest BCUT2D eigenvalue weighted by atomic mass is 15.4. The molecule has 1 fully saturated rings. The van der Waals surface area contributed by atoms with E-state index in [1.807, 2.05) is 48.1 Å². The zero-order chi connectivity index (χ0) is 22.8. The van der Waals surface area contributed by atoms with E-state index in [1.165, 1.54) is 0 Å². The SMILES string of the molecule is C=Cc1cc(-c2cnn(C3CN(CC)C3)c2)cnc1/C=C\CCc1nnc2ccc(C)nn12. The molecule has 4 aromatic rings. The van der Waals surface area contributed by atoms with Crippen molar-refractivity contribution in [3.63, 3.8) is 0 Å². The van der Waals surface area contributed by atoms with E-state index in [2.05, 4.69) is 66.8 Å². The lowest BCUT2D eigenvalue weighted by atomic mass is 10.1. The maximum atomic E-state index is 4.69. The number of aromatic nitrogens is 7. The Morgan fingerprint density at radius 1 is 1.15 bits per heavy atom. The number of likely N-dealkylation sites (tertiary alicyclic amines) is 1. The highest BCUT2D eigenvalue weighted by molar-refractivity contribution is 5.69. The summed E-state index contributed by atoms with van der Waals surface area (Å²) in [7, 11) is 0. The minimum atomic E-state index is 0.467. The van der Waals surface area contributed by atoms with Crippen molar-refractivity contribution in [1.29, 1.82) is 0 Å². The lowest BCUT2D eigenvalue weighted by Crippen LogP contribution is -2.47. The van der Waals surface area contributed by atoms with Crippen LogP contribution >= 0.6 is 0 Å². The smallest absolute Gasteiger partial charge is 0.177 e. The third-order valence-electron chi connectivity index (χ3n) is 6.13. The Morgan fingerprint density at radius 2 is 2.03 bits per heavy atom. The predicted molar refractivity (Wildman–Crippen MR) is 130 cm³/mol. The number of aryl methyl sites for hydroxylation is 2. The van der Waals surface area contributed by atoms with Crippen molar-refractivity contribution in [2.45, 2.75) is 32.7 Å². The highest BCUT2D eigenvalue weighted by Gasteiger charge is 2.27. The molecule has 0 amide bonds. The van der Waals surface area contributed by atoms with E-state index in [1.54, 1.807) is 0 Å². The van der Waals surface area contributed by atoms with Crippen molar-refractivity contribution >= 4 is 17.8 Å².